The summed E-state index contributed by atoms with van der Waals surface area (Å²) in [6.07, 6.45) is 0.380. The predicted octanol–water partition coefficient (Wildman–Crippen LogP) is 1.85. The number of hydrogen-bond donors (Lipinski definition) is 2. The number of carbonyl (C=O) groups excluding carboxylic acids is 2. The summed E-state index contributed by atoms with van der Waals surface area (Å²) in [4.78, 5) is 23.2. The Balaban J connectivity index is 2.20. The van der Waals surface area contributed by atoms with Gasteiger partial charge in [-0.1, -0.05) is 42.5 Å². The molecule has 21 heavy (non-hydrogen) atoms. The number of benzene rings is 2. The number of urea groups is 1. The lowest BCUT2D eigenvalue weighted by atomic mass is 10.0. The van der Waals surface area contributed by atoms with Gasteiger partial charge < -0.3 is 15.4 Å². The number of carbonyl (C=O) groups is 2. The number of esters is 1. The molecule has 2 rings (SSSR count). The number of rotatable bonds is 4. The Morgan fingerprint density at radius 2 is 1.86 bits per heavy atom. The van der Waals surface area contributed by atoms with E-state index in [1.54, 1.807) is 0 Å². The second kappa shape index (κ2) is 6.74. The highest BCUT2D eigenvalue weighted by molar-refractivity contribution is 5.85. The topological polar surface area (TPSA) is 67.4 Å². The first-order valence-corrected chi connectivity index (χ1v) is 6.68. The summed E-state index contributed by atoms with van der Waals surface area (Å²) in [7, 11) is 2.81. The molecule has 0 aromatic heterocycles. The Kier molecular flexibility index (Phi) is 4.77. The Labute approximate surface area is 123 Å². The number of amides is 2. The summed E-state index contributed by atoms with van der Waals surface area (Å²) in [5.41, 5.74) is 0.959. The highest BCUT2D eigenvalue weighted by Crippen LogP contribution is 2.16. The SMILES string of the molecule is CNC(=O)N[C@H](Cc1ccc2ccccc2c1)C(=O)OC. The van der Waals surface area contributed by atoms with Crippen molar-refractivity contribution < 1.29 is 14.3 Å². The van der Waals surface area contributed by atoms with Crippen molar-refractivity contribution in [2.45, 2.75) is 12.5 Å². The molecule has 0 fully saturated rings. The van der Waals surface area contributed by atoms with Gasteiger partial charge in [-0.25, -0.2) is 9.59 Å². The van der Waals surface area contributed by atoms with Crippen LogP contribution in [0.25, 0.3) is 10.8 Å². The van der Waals surface area contributed by atoms with E-state index in [1.165, 1.54) is 14.2 Å². The maximum Gasteiger partial charge on any atom is 0.328 e. The van der Waals surface area contributed by atoms with Gasteiger partial charge in [0.2, 0.25) is 0 Å². The van der Waals surface area contributed by atoms with Gasteiger partial charge in [0.05, 0.1) is 7.11 Å². The molecule has 2 N–H and O–H groups in total. The van der Waals surface area contributed by atoms with Gasteiger partial charge in [0.1, 0.15) is 6.04 Å². The molecule has 0 saturated carbocycles. The van der Waals surface area contributed by atoms with Crippen molar-refractivity contribution in [1.82, 2.24) is 10.6 Å². The molecule has 0 aliphatic rings. The van der Waals surface area contributed by atoms with Crippen LogP contribution >= 0.6 is 0 Å². The first kappa shape index (κ1) is 14.8. The van der Waals surface area contributed by atoms with E-state index in [4.69, 9.17) is 4.74 Å². The Morgan fingerprint density at radius 3 is 2.52 bits per heavy atom. The van der Waals surface area contributed by atoms with Gasteiger partial charge in [-0.05, 0) is 16.3 Å². The van der Waals surface area contributed by atoms with Crippen LogP contribution in [0, 0.1) is 0 Å². The van der Waals surface area contributed by atoms with Crippen molar-refractivity contribution in [3.05, 3.63) is 48.0 Å². The van der Waals surface area contributed by atoms with E-state index in [0.717, 1.165) is 16.3 Å². The van der Waals surface area contributed by atoms with Crippen molar-refractivity contribution in [3.63, 3.8) is 0 Å². The lowest BCUT2D eigenvalue weighted by molar-refractivity contribution is -0.142. The van der Waals surface area contributed by atoms with Crippen LogP contribution in [0.15, 0.2) is 42.5 Å². The quantitative estimate of drug-likeness (QED) is 0.843. The van der Waals surface area contributed by atoms with Crippen molar-refractivity contribution in [3.8, 4) is 0 Å². The normalized spacial score (nSPS) is 11.7. The number of hydrogen-bond acceptors (Lipinski definition) is 3. The van der Waals surface area contributed by atoms with Crippen LogP contribution in [0.1, 0.15) is 5.56 Å². The molecule has 1 atom stereocenters. The van der Waals surface area contributed by atoms with Crippen molar-refractivity contribution >= 4 is 22.8 Å². The first-order chi connectivity index (χ1) is 10.1. The molecule has 0 aliphatic heterocycles. The molecule has 0 unspecified atom stereocenters. The summed E-state index contributed by atoms with van der Waals surface area (Å²) in [6, 6.07) is 12.8. The molecule has 2 aromatic rings. The lowest BCUT2D eigenvalue weighted by Gasteiger charge is -2.16. The summed E-state index contributed by atoms with van der Waals surface area (Å²) in [5.74, 6) is -0.466. The van der Waals surface area contributed by atoms with Gasteiger partial charge in [0.15, 0.2) is 0 Å². The van der Waals surface area contributed by atoms with E-state index in [2.05, 4.69) is 10.6 Å². The minimum Gasteiger partial charge on any atom is -0.467 e. The molecule has 2 aromatic carbocycles. The van der Waals surface area contributed by atoms with Crippen LogP contribution in [0.3, 0.4) is 0 Å². The van der Waals surface area contributed by atoms with E-state index in [0.29, 0.717) is 6.42 Å². The second-order valence-corrected chi connectivity index (χ2v) is 4.68. The zero-order chi connectivity index (χ0) is 15.2. The summed E-state index contributed by atoms with van der Waals surface area (Å²) in [5, 5.41) is 7.25. The minimum atomic E-state index is -0.712. The third-order valence-corrected chi connectivity index (χ3v) is 3.27. The Bertz CT molecular complexity index is 655. The van der Waals surface area contributed by atoms with Crippen molar-refractivity contribution in [2.24, 2.45) is 0 Å². The van der Waals surface area contributed by atoms with Gasteiger partial charge in [0, 0.05) is 13.5 Å². The zero-order valence-electron chi connectivity index (χ0n) is 12.1. The molecule has 0 aliphatic carbocycles. The van der Waals surface area contributed by atoms with E-state index in [9.17, 15) is 9.59 Å². The van der Waals surface area contributed by atoms with E-state index in [-0.39, 0.29) is 0 Å². The van der Waals surface area contributed by atoms with Crippen LogP contribution in [0.2, 0.25) is 0 Å². The average Bonchev–Trinajstić information content (AvgIpc) is 2.53. The molecular formula is C16H18N2O3. The molecule has 2 amide bonds. The number of methoxy groups -OCH3 is 1. The third-order valence-electron chi connectivity index (χ3n) is 3.27. The van der Waals surface area contributed by atoms with Crippen molar-refractivity contribution in [2.75, 3.05) is 14.2 Å². The molecular weight excluding hydrogens is 268 g/mol. The van der Waals surface area contributed by atoms with Crippen LogP contribution in [0.4, 0.5) is 4.79 Å². The predicted molar refractivity (Wildman–Crippen MR) is 81.0 cm³/mol. The second-order valence-electron chi connectivity index (χ2n) is 4.68. The van der Waals surface area contributed by atoms with Crippen LogP contribution in [0.5, 0.6) is 0 Å². The fourth-order valence-corrected chi connectivity index (χ4v) is 2.17. The Morgan fingerprint density at radius 1 is 1.14 bits per heavy atom. The number of fused-ring (bicyclic) bond motifs is 1. The molecule has 110 valence electrons. The Hall–Kier alpha value is -2.56. The molecule has 0 radical (unpaired) electrons. The fourth-order valence-electron chi connectivity index (χ4n) is 2.17. The monoisotopic (exact) mass is 286 g/mol. The molecule has 0 bridgehead atoms. The maximum atomic E-state index is 11.8. The van der Waals surface area contributed by atoms with Crippen LogP contribution in [-0.4, -0.2) is 32.2 Å². The summed E-state index contributed by atoms with van der Waals surface area (Å²) in [6.45, 7) is 0. The van der Waals surface area contributed by atoms with E-state index < -0.39 is 18.0 Å². The smallest absolute Gasteiger partial charge is 0.328 e. The fraction of sp³-hybridized carbons (Fsp3) is 0.250. The minimum absolute atomic E-state index is 0.380. The highest BCUT2D eigenvalue weighted by Gasteiger charge is 2.21. The molecule has 0 saturated heterocycles. The average molecular weight is 286 g/mol. The molecule has 5 nitrogen and oxygen atoms in total. The standard InChI is InChI=1S/C16H18N2O3/c1-17-16(20)18-14(15(19)21-2)10-11-7-8-12-5-3-4-6-13(12)9-11/h3-9,14H,10H2,1-2H3,(H2,17,18,20)/t14-/m1/s1. The van der Waals surface area contributed by atoms with Gasteiger partial charge in [-0.3, -0.25) is 0 Å². The summed E-state index contributed by atoms with van der Waals surface area (Å²) >= 11 is 0. The highest BCUT2D eigenvalue weighted by atomic mass is 16.5. The molecule has 0 spiro atoms. The zero-order valence-corrected chi connectivity index (χ0v) is 12.1. The van der Waals surface area contributed by atoms with Gasteiger partial charge >= 0.3 is 12.0 Å². The van der Waals surface area contributed by atoms with E-state index >= 15 is 0 Å². The summed E-state index contributed by atoms with van der Waals surface area (Å²) < 4.78 is 4.74. The van der Waals surface area contributed by atoms with E-state index in [1.807, 2.05) is 42.5 Å². The van der Waals surface area contributed by atoms with Gasteiger partial charge in [0.25, 0.3) is 0 Å². The number of nitrogens with one attached hydrogen (secondary N) is 2. The van der Waals surface area contributed by atoms with Crippen LogP contribution < -0.4 is 10.6 Å². The van der Waals surface area contributed by atoms with Gasteiger partial charge in [-0.15, -0.1) is 0 Å². The van der Waals surface area contributed by atoms with Gasteiger partial charge in [-0.2, -0.15) is 0 Å². The maximum absolute atomic E-state index is 11.8. The third kappa shape index (κ3) is 3.72. The largest absolute Gasteiger partial charge is 0.467 e. The number of ether oxygens (including phenoxy) is 1. The first-order valence-electron chi connectivity index (χ1n) is 6.68. The van der Waals surface area contributed by atoms with Crippen molar-refractivity contribution in [1.29, 1.82) is 0 Å². The molecule has 0 heterocycles. The lowest BCUT2D eigenvalue weighted by Crippen LogP contribution is -2.46. The molecule has 5 heteroatoms. The van der Waals surface area contributed by atoms with Crippen LogP contribution in [-0.2, 0) is 16.0 Å².